The van der Waals surface area contributed by atoms with Crippen molar-refractivity contribution < 1.29 is 9.90 Å². The van der Waals surface area contributed by atoms with Gasteiger partial charge >= 0.3 is 5.97 Å². The number of pyridine rings is 1. The van der Waals surface area contributed by atoms with Gasteiger partial charge in [-0.2, -0.15) is 0 Å². The first kappa shape index (κ1) is 13.9. The Hall–Kier alpha value is -1.13. The largest absolute Gasteiger partial charge is 0.478 e. The molecule has 94 valence electrons. The predicted octanol–water partition coefficient (Wildman–Crippen LogP) is 2.65. The molecular formula is C12H17ClN2O2. The van der Waals surface area contributed by atoms with E-state index in [4.69, 9.17) is 22.4 Å². The number of hydrogen-bond acceptors (Lipinski definition) is 3. The molecule has 1 heterocycles. The van der Waals surface area contributed by atoms with Crippen LogP contribution in [0.3, 0.4) is 0 Å². The van der Waals surface area contributed by atoms with Gasteiger partial charge in [-0.15, -0.1) is 0 Å². The first-order valence-electron chi connectivity index (χ1n) is 5.56. The van der Waals surface area contributed by atoms with Crippen molar-refractivity contribution in [3.63, 3.8) is 0 Å². The molecule has 0 aliphatic carbocycles. The highest BCUT2D eigenvalue weighted by Gasteiger charge is 2.22. The molecule has 3 N–H and O–H groups in total. The minimum Gasteiger partial charge on any atom is -0.478 e. The van der Waals surface area contributed by atoms with Gasteiger partial charge in [-0.1, -0.05) is 32.4 Å². The molecule has 0 unspecified atom stereocenters. The molecule has 17 heavy (non-hydrogen) atoms. The van der Waals surface area contributed by atoms with E-state index in [0.29, 0.717) is 22.8 Å². The Kier molecular flexibility index (Phi) is 4.48. The van der Waals surface area contributed by atoms with Gasteiger partial charge in [0.15, 0.2) is 0 Å². The number of aromatic carboxylic acids is 1. The van der Waals surface area contributed by atoms with Crippen LogP contribution in [0.2, 0.25) is 5.02 Å². The van der Waals surface area contributed by atoms with Gasteiger partial charge in [0.2, 0.25) is 0 Å². The topological polar surface area (TPSA) is 76.2 Å². The van der Waals surface area contributed by atoms with Crippen molar-refractivity contribution in [3.05, 3.63) is 28.0 Å². The van der Waals surface area contributed by atoms with E-state index in [1.165, 1.54) is 6.07 Å². The summed E-state index contributed by atoms with van der Waals surface area (Å²) in [6, 6.07) is 1.04. The Morgan fingerprint density at radius 1 is 1.59 bits per heavy atom. The lowest BCUT2D eigenvalue weighted by atomic mass is 9.97. The summed E-state index contributed by atoms with van der Waals surface area (Å²) >= 11 is 5.96. The lowest BCUT2D eigenvalue weighted by Crippen LogP contribution is -2.22. The summed E-state index contributed by atoms with van der Waals surface area (Å²) in [5.41, 5.74) is 7.17. The number of rotatable bonds is 4. The smallest absolute Gasteiger partial charge is 0.337 e. The van der Waals surface area contributed by atoms with Crippen molar-refractivity contribution in [3.8, 4) is 0 Å². The fraction of sp³-hybridized carbons (Fsp3) is 0.500. The molecule has 1 rings (SSSR count). The van der Waals surface area contributed by atoms with Crippen LogP contribution < -0.4 is 5.73 Å². The minimum absolute atomic E-state index is 0.0911. The zero-order chi connectivity index (χ0) is 13.2. The van der Waals surface area contributed by atoms with Crippen LogP contribution in [-0.2, 0) is 6.42 Å². The average molecular weight is 257 g/mol. The zero-order valence-electron chi connectivity index (χ0n) is 10.2. The molecule has 5 heteroatoms. The van der Waals surface area contributed by atoms with Crippen LogP contribution in [0.5, 0.6) is 0 Å². The third kappa shape index (κ3) is 2.96. The van der Waals surface area contributed by atoms with Crippen molar-refractivity contribution in [2.24, 2.45) is 11.7 Å². The number of aromatic nitrogens is 1. The Morgan fingerprint density at radius 3 is 2.59 bits per heavy atom. The minimum atomic E-state index is -1.05. The van der Waals surface area contributed by atoms with Crippen LogP contribution >= 0.6 is 11.6 Å². The summed E-state index contributed by atoms with van der Waals surface area (Å²) in [6.45, 7) is 5.77. The monoisotopic (exact) mass is 256 g/mol. The summed E-state index contributed by atoms with van der Waals surface area (Å²) in [5.74, 6) is -0.931. The molecule has 0 aliphatic rings. The fourth-order valence-electron chi connectivity index (χ4n) is 1.53. The van der Waals surface area contributed by atoms with Gasteiger partial charge in [0.25, 0.3) is 0 Å². The second-order valence-corrected chi connectivity index (χ2v) is 4.69. The first-order valence-corrected chi connectivity index (χ1v) is 5.94. The molecule has 1 aromatic heterocycles. The first-order chi connectivity index (χ1) is 7.88. The number of halogens is 1. The SMILES string of the molecule is CCc1nc([C@@H](N)C(C)C)c(C(=O)O)cc1Cl. The van der Waals surface area contributed by atoms with Gasteiger partial charge in [0.05, 0.1) is 28.0 Å². The number of hydrogen-bond donors (Lipinski definition) is 2. The van der Waals surface area contributed by atoms with Crippen molar-refractivity contribution in [2.75, 3.05) is 0 Å². The standard InChI is InChI=1S/C12H17ClN2O2/c1-4-9-8(13)5-7(12(16)17)11(15-9)10(14)6(2)3/h5-6,10H,4,14H2,1-3H3,(H,16,17)/t10-/m0/s1. The highest BCUT2D eigenvalue weighted by atomic mass is 35.5. The number of nitrogens with zero attached hydrogens (tertiary/aromatic N) is 1. The van der Waals surface area contributed by atoms with Crippen LogP contribution in [0.1, 0.15) is 48.6 Å². The summed E-state index contributed by atoms with van der Waals surface area (Å²) in [4.78, 5) is 15.4. The maximum atomic E-state index is 11.1. The molecule has 0 aromatic carbocycles. The Balaban J connectivity index is 3.38. The van der Waals surface area contributed by atoms with E-state index in [2.05, 4.69) is 4.98 Å². The normalized spacial score (nSPS) is 12.8. The fourth-order valence-corrected chi connectivity index (χ4v) is 1.82. The summed E-state index contributed by atoms with van der Waals surface area (Å²) in [6.07, 6.45) is 0.649. The lowest BCUT2D eigenvalue weighted by Gasteiger charge is -2.18. The zero-order valence-corrected chi connectivity index (χ0v) is 11.0. The second kappa shape index (κ2) is 5.47. The van der Waals surface area contributed by atoms with Crippen molar-refractivity contribution in [2.45, 2.75) is 33.2 Å². The molecule has 4 nitrogen and oxygen atoms in total. The van der Waals surface area contributed by atoms with Crippen LogP contribution in [0.25, 0.3) is 0 Å². The Bertz CT molecular complexity index is 433. The molecule has 0 aliphatic heterocycles. The van der Waals surface area contributed by atoms with E-state index < -0.39 is 12.0 Å². The van der Waals surface area contributed by atoms with E-state index in [1.54, 1.807) is 0 Å². The summed E-state index contributed by atoms with van der Waals surface area (Å²) < 4.78 is 0. The molecule has 0 saturated heterocycles. The molecule has 0 amide bonds. The third-order valence-corrected chi connectivity index (χ3v) is 3.00. The number of carboxylic acids is 1. The maximum absolute atomic E-state index is 11.1. The highest BCUT2D eigenvalue weighted by molar-refractivity contribution is 6.31. The van der Waals surface area contributed by atoms with Gasteiger partial charge < -0.3 is 10.8 Å². The molecule has 0 fully saturated rings. The van der Waals surface area contributed by atoms with Crippen LogP contribution in [0, 0.1) is 5.92 Å². The van der Waals surface area contributed by atoms with E-state index in [1.807, 2.05) is 20.8 Å². The van der Waals surface area contributed by atoms with Crippen molar-refractivity contribution in [1.82, 2.24) is 4.98 Å². The second-order valence-electron chi connectivity index (χ2n) is 4.28. The maximum Gasteiger partial charge on any atom is 0.337 e. The third-order valence-electron chi connectivity index (χ3n) is 2.68. The van der Waals surface area contributed by atoms with Crippen LogP contribution in [0.4, 0.5) is 0 Å². The number of carboxylic acid groups (broad SMARTS) is 1. The van der Waals surface area contributed by atoms with Gasteiger partial charge in [-0.25, -0.2) is 4.79 Å². The lowest BCUT2D eigenvalue weighted by molar-refractivity contribution is 0.0694. The predicted molar refractivity (Wildman–Crippen MR) is 67.4 cm³/mol. The van der Waals surface area contributed by atoms with Gasteiger partial charge in [0, 0.05) is 0 Å². The van der Waals surface area contributed by atoms with Gasteiger partial charge in [0.1, 0.15) is 0 Å². The Labute approximate surface area is 106 Å². The number of aryl methyl sites for hydroxylation is 1. The van der Waals surface area contributed by atoms with E-state index in [0.717, 1.165) is 0 Å². The Morgan fingerprint density at radius 2 is 2.18 bits per heavy atom. The van der Waals surface area contributed by atoms with Crippen molar-refractivity contribution >= 4 is 17.6 Å². The van der Waals surface area contributed by atoms with Crippen molar-refractivity contribution in [1.29, 1.82) is 0 Å². The summed E-state index contributed by atoms with van der Waals surface area (Å²) in [5, 5.41) is 9.51. The van der Waals surface area contributed by atoms with Gasteiger partial charge in [-0.05, 0) is 18.4 Å². The van der Waals surface area contributed by atoms with E-state index in [9.17, 15) is 4.79 Å². The quantitative estimate of drug-likeness (QED) is 0.868. The molecule has 1 aromatic rings. The van der Waals surface area contributed by atoms with Crippen LogP contribution in [0.15, 0.2) is 6.07 Å². The summed E-state index contributed by atoms with van der Waals surface area (Å²) in [7, 11) is 0. The van der Waals surface area contributed by atoms with Gasteiger partial charge in [-0.3, -0.25) is 4.98 Å². The molecule has 0 saturated carbocycles. The molecule has 0 spiro atoms. The average Bonchev–Trinajstić information content (AvgIpc) is 2.27. The van der Waals surface area contributed by atoms with E-state index in [-0.39, 0.29) is 11.5 Å². The highest BCUT2D eigenvalue weighted by Crippen LogP contribution is 2.25. The molecule has 0 bridgehead atoms. The molecule has 0 radical (unpaired) electrons. The molecule has 1 atom stereocenters. The molecular weight excluding hydrogens is 240 g/mol. The number of nitrogens with two attached hydrogens (primary N) is 1. The van der Waals surface area contributed by atoms with E-state index >= 15 is 0 Å². The van der Waals surface area contributed by atoms with Crippen LogP contribution in [-0.4, -0.2) is 16.1 Å². The number of carbonyl (C=O) groups is 1.